The number of carbonyl (C=O) groups is 1. The van der Waals surface area contributed by atoms with Crippen LogP contribution in [0.25, 0.3) is 5.70 Å². The molecule has 22 heavy (non-hydrogen) atoms. The molecule has 2 heterocycles. The highest BCUT2D eigenvalue weighted by molar-refractivity contribution is 5.90. The molecule has 1 amide bonds. The second kappa shape index (κ2) is 5.36. The number of hydrogen-bond acceptors (Lipinski definition) is 4. The minimum Gasteiger partial charge on any atom is -0.480 e. The van der Waals surface area contributed by atoms with Crippen LogP contribution in [-0.4, -0.2) is 34.8 Å². The van der Waals surface area contributed by atoms with Crippen molar-refractivity contribution in [1.82, 2.24) is 4.90 Å². The van der Waals surface area contributed by atoms with Crippen LogP contribution in [0.5, 0.6) is 5.75 Å². The molecule has 0 bridgehead atoms. The van der Waals surface area contributed by atoms with E-state index >= 15 is 0 Å². The van der Waals surface area contributed by atoms with Gasteiger partial charge in [-0.2, -0.15) is 0 Å². The summed E-state index contributed by atoms with van der Waals surface area (Å²) in [6.07, 6.45) is -2.10. The van der Waals surface area contributed by atoms with Crippen molar-refractivity contribution in [1.29, 1.82) is 0 Å². The molecule has 1 atom stereocenters. The Morgan fingerprint density at radius 2 is 2.18 bits per heavy atom. The first-order chi connectivity index (χ1) is 10.5. The maximum absolute atomic E-state index is 13.0. The fourth-order valence-corrected chi connectivity index (χ4v) is 2.62. The molecule has 116 valence electrons. The first-order valence-corrected chi connectivity index (χ1v) is 6.73. The number of nitro groups is 1. The fourth-order valence-electron chi connectivity index (χ4n) is 2.62. The van der Waals surface area contributed by atoms with E-state index in [-0.39, 0.29) is 23.0 Å². The quantitative estimate of drug-likeness (QED) is 0.635. The highest BCUT2D eigenvalue weighted by Crippen LogP contribution is 2.39. The van der Waals surface area contributed by atoms with E-state index in [4.69, 9.17) is 4.74 Å². The summed E-state index contributed by atoms with van der Waals surface area (Å²) in [5, 5.41) is 10.9. The Balaban J connectivity index is 2.09. The Labute approximate surface area is 124 Å². The number of ether oxygens (including phenoxy) is 1. The van der Waals surface area contributed by atoms with Crippen molar-refractivity contribution in [3.63, 3.8) is 0 Å². The van der Waals surface area contributed by atoms with Crippen molar-refractivity contribution < 1.29 is 23.2 Å². The van der Waals surface area contributed by atoms with Crippen LogP contribution in [0.1, 0.15) is 18.4 Å². The molecule has 1 aromatic rings. The first-order valence-electron chi connectivity index (χ1n) is 6.73. The molecule has 0 aliphatic carbocycles. The molecule has 0 N–H and O–H groups in total. The van der Waals surface area contributed by atoms with E-state index in [0.29, 0.717) is 24.9 Å². The lowest BCUT2D eigenvalue weighted by Gasteiger charge is -2.29. The number of carbonyl (C=O) groups excluding carboxylic acids is 1. The second-order valence-corrected chi connectivity index (χ2v) is 5.06. The third-order valence-corrected chi connectivity index (χ3v) is 3.65. The Hall–Kier alpha value is -2.51. The van der Waals surface area contributed by atoms with Crippen LogP contribution < -0.4 is 4.74 Å². The van der Waals surface area contributed by atoms with Crippen molar-refractivity contribution in [3.05, 3.63) is 40.0 Å². The molecule has 6 nitrogen and oxygen atoms in total. The summed E-state index contributed by atoms with van der Waals surface area (Å²) >= 11 is 0. The van der Waals surface area contributed by atoms with Gasteiger partial charge in [0.05, 0.1) is 10.6 Å². The third kappa shape index (κ3) is 2.40. The number of nitro benzene ring substituents is 1. The van der Waals surface area contributed by atoms with Gasteiger partial charge in [0.1, 0.15) is 5.75 Å². The predicted molar refractivity (Wildman–Crippen MR) is 72.4 cm³/mol. The molecule has 2 aliphatic heterocycles. The molecule has 0 aromatic heterocycles. The fraction of sp³-hybridized carbons (Fsp3) is 0.357. The van der Waals surface area contributed by atoms with Gasteiger partial charge in [-0.1, -0.05) is 0 Å². The van der Waals surface area contributed by atoms with Crippen molar-refractivity contribution in [2.75, 3.05) is 6.54 Å². The second-order valence-electron chi connectivity index (χ2n) is 5.06. The highest BCUT2D eigenvalue weighted by Gasteiger charge is 2.34. The molecule has 3 rings (SSSR count). The van der Waals surface area contributed by atoms with Gasteiger partial charge in [0.25, 0.3) is 12.1 Å². The zero-order valence-corrected chi connectivity index (χ0v) is 11.4. The summed E-state index contributed by atoms with van der Waals surface area (Å²) in [6.45, 7) is 0.406. The van der Waals surface area contributed by atoms with E-state index in [1.807, 2.05) is 0 Å². The molecule has 0 radical (unpaired) electrons. The minimum atomic E-state index is -2.75. The Morgan fingerprint density at radius 1 is 1.41 bits per heavy atom. The number of rotatable bonds is 3. The number of non-ortho nitro benzene ring substituents is 1. The Bertz CT molecular complexity index is 675. The van der Waals surface area contributed by atoms with E-state index in [1.165, 1.54) is 29.2 Å². The first kappa shape index (κ1) is 14.4. The average Bonchev–Trinajstić information content (AvgIpc) is 2.91. The van der Waals surface area contributed by atoms with E-state index < -0.39 is 17.5 Å². The van der Waals surface area contributed by atoms with Crippen LogP contribution in [0.15, 0.2) is 24.3 Å². The van der Waals surface area contributed by atoms with Crippen molar-refractivity contribution in [2.24, 2.45) is 0 Å². The number of nitrogens with zero attached hydrogens (tertiary/aromatic N) is 2. The summed E-state index contributed by atoms with van der Waals surface area (Å²) in [4.78, 5) is 23.6. The van der Waals surface area contributed by atoms with Crippen molar-refractivity contribution in [3.8, 4) is 5.75 Å². The largest absolute Gasteiger partial charge is 0.480 e. The number of hydrogen-bond donors (Lipinski definition) is 0. The van der Waals surface area contributed by atoms with E-state index in [0.717, 1.165) is 0 Å². The van der Waals surface area contributed by atoms with Crippen LogP contribution in [0.3, 0.4) is 0 Å². The Kier molecular flexibility index (Phi) is 3.51. The summed E-state index contributed by atoms with van der Waals surface area (Å²) < 4.78 is 31.2. The lowest BCUT2D eigenvalue weighted by molar-refractivity contribution is -0.384. The van der Waals surface area contributed by atoms with Crippen LogP contribution in [0, 0.1) is 10.1 Å². The molecule has 2 aliphatic rings. The molecular formula is C14H12F2N2O4. The van der Waals surface area contributed by atoms with Crippen LogP contribution in [-0.2, 0) is 4.79 Å². The van der Waals surface area contributed by atoms with Gasteiger partial charge in [-0.3, -0.25) is 14.9 Å². The normalized spacial score (nSPS) is 20.7. The number of alkyl halides is 2. The van der Waals surface area contributed by atoms with Gasteiger partial charge in [-0.25, -0.2) is 8.78 Å². The van der Waals surface area contributed by atoms with Gasteiger partial charge in [0.15, 0.2) is 6.10 Å². The summed E-state index contributed by atoms with van der Waals surface area (Å²) in [5.41, 5.74) is 0.370. The topological polar surface area (TPSA) is 72.7 Å². The SMILES string of the molecule is O=C1CCCN1C1=CC(C(F)F)Oc2ccc([N+](=O)[O-])cc21. The van der Waals surface area contributed by atoms with Gasteiger partial charge >= 0.3 is 0 Å². The summed E-state index contributed by atoms with van der Waals surface area (Å²) in [7, 11) is 0. The zero-order valence-electron chi connectivity index (χ0n) is 11.4. The van der Waals surface area contributed by atoms with Gasteiger partial charge < -0.3 is 9.64 Å². The summed E-state index contributed by atoms with van der Waals surface area (Å²) in [5.74, 6) is -0.0632. The monoisotopic (exact) mass is 310 g/mol. The van der Waals surface area contributed by atoms with Gasteiger partial charge in [-0.15, -0.1) is 0 Å². The number of fused-ring (bicyclic) bond motifs is 1. The van der Waals surface area contributed by atoms with E-state index in [9.17, 15) is 23.7 Å². The molecule has 1 aromatic carbocycles. The average molecular weight is 310 g/mol. The van der Waals surface area contributed by atoms with Gasteiger partial charge in [0, 0.05) is 30.7 Å². The van der Waals surface area contributed by atoms with Gasteiger partial charge in [0.2, 0.25) is 5.91 Å². The molecule has 1 saturated heterocycles. The maximum atomic E-state index is 13.0. The molecule has 1 unspecified atom stereocenters. The standard InChI is InChI=1S/C14H12F2N2O4/c15-14(16)12-7-10(17-5-1-2-13(17)19)9-6-8(18(20)21)3-4-11(9)22-12/h3-4,6-7,12,14H,1-2,5H2. The van der Waals surface area contributed by atoms with Crippen LogP contribution in [0.4, 0.5) is 14.5 Å². The maximum Gasteiger partial charge on any atom is 0.278 e. The molecule has 0 saturated carbocycles. The molecule has 0 spiro atoms. The lowest BCUT2D eigenvalue weighted by Crippen LogP contribution is -2.32. The van der Waals surface area contributed by atoms with E-state index in [1.54, 1.807) is 0 Å². The number of benzene rings is 1. The smallest absolute Gasteiger partial charge is 0.278 e. The predicted octanol–water partition coefficient (Wildman–Crippen LogP) is 2.58. The number of likely N-dealkylation sites (tertiary alicyclic amines) is 1. The van der Waals surface area contributed by atoms with Crippen molar-refractivity contribution in [2.45, 2.75) is 25.4 Å². The molecule has 8 heteroatoms. The van der Waals surface area contributed by atoms with Crippen LogP contribution in [0.2, 0.25) is 0 Å². The van der Waals surface area contributed by atoms with E-state index in [2.05, 4.69) is 0 Å². The Morgan fingerprint density at radius 3 is 2.77 bits per heavy atom. The van der Waals surface area contributed by atoms with Crippen molar-refractivity contribution >= 4 is 17.3 Å². The van der Waals surface area contributed by atoms with Crippen LogP contribution >= 0.6 is 0 Å². The number of amides is 1. The molecule has 1 fully saturated rings. The number of halogens is 2. The summed E-state index contributed by atoms with van der Waals surface area (Å²) in [6, 6.07) is 3.72. The third-order valence-electron chi connectivity index (χ3n) is 3.65. The lowest BCUT2D eigenvalue weighted by atomic mass is 10.0. The molecular weight excluding hydrogens is 298 g/mol. The minimum absolute atomic E-state index is 0.119. The zero-order chi connectivity index (χ0) is 15.9. The van der Waals surface area contributed by atoms with Gasteiger partial charge in [-0.05, 0) is 18.6 Å². The highest BCUT2D eigenvalue weighted by atomic mass is 19.3.